The fraction of sp³-hybridized carbons (Fsp3) is 0.214. The van der Waals surface area contributed by atoms with Crippen molar-refractivity contribution in [2.45, 2.75) is 12.2 Å². The summed E-state index contributed by atoms with van der Waals surface area (Å²) in [6, 6.07) is 21.6. The highest BCUT2D eigenvalue weighted by atomic mass is 16.6. The van der Waals surface area contributed by atoms with Crippen molar-refractivity contribution >= 4 is 35.7 Å². The molecule has 8 heteroatoms. The molecule has 2 atom stereocenters. The first-order chi connectivity index (χ1) is 17.6. The summed E-state index contributed by atoms with van der Waals surface area (Å²) in [6.45, 7) is 1.89. The van der Waals surface area contributed by atoms with Crippen molar-refractivity contribution < 1.29 is 28.5 Å². The first-order valence-corrected chi connectivity index (χ1v) is 11.6. The number of benzene rings is 3. The SMILES string of the molecule is O=C(OCC1CO1)c1ccc(C=Nc2ccc(N=Cc3ccc(C(=O)OCC4CO4)cc3)cc2)cc1. The van der Waals surface area contributed by atoms with Gasteiger partial charge >= 0.3 is 11.9 Å². The molecule has 2 aliphatic rings. The highest BCUT2D eigenvalue weighted by molar-refractivity contribution is 5.92. The lowest BCUT2D eigenvalue weighted by molar-refractivity contribution is 0.0468. The number of hydrogen-bond donors (Lipinski definition) is 0. The van der Waals surface area contributed by atoms with Gasteiger partial charge in [0.15, 0.2) is 0 Å². The van der Waals surface area contributed by atoms with E-state index in [1.54, 1.807) is 36.7 Å². The Bertz CT molecular complexity index is 1160. The average Bonchev–Trinajstić information content (AvgIpc) is 3.85. The van der Waals surface area contributed by atoms with Crippen LogP contribution in [0, 0.1) is 0 Å². The monoisotopic (exact) mass is 484 g/mol. The van der Waals surface area contributed by atoms with Gasteiger partial charge in [-0.15, -0.1) is 0 Å². The Morgan fingerprint density at radius 2 is 1.03 bits per heavy atom. The number of aliphatic imine (C=N–C) groups is 2. The predicted octanol–water partition coefficient (Wildman–Crippen LogP) is 4.30. The zero-order chi connectivity index (χ0) is 24.7. The van der Waals surface area contributed by atoms with Gasteiger partial charge < -0.3 is 18.9 Å². The van der Waals surface area contributed by atoms with Crippen LogP contribution in [0.25, 0.3) is 0 Å². The van der Waals surface area contributed by atoms with Crippen LogP contribution in [0.1, 0.15) is 31.8 Å². The van der Waals surface area contributed by atoms with Crippen LogP contribution < -0.4 is 0 Å². The summed E-state index contributed by atoms with van der Waals surface area (Å²) in [5.41, 5.74) is 4.28. The van der Waals surface area contributed by atoms with E-state index in [0.29, 0.717) is 37.6 Å². The quantitative estimate of drug-likeness (QED) is 0.242. The second kappa shape index (κ2) is 11.1. The zero-order valence-electron chi connectivity index (χ0n) is 19.4. The summed E-state index contributed by atoms with van der Waals surface area (Å²) < 4.78 is 20.4. The number of nitrogens with zero attached hydrogens (tertiary/aromatic N) is 2. The van der Waals surface area contributed by atoms with Gasteiger partial charge in [-0.05, 0) is 59.7 Å². The number of rotatable bonds is 10. The van der Waals surface area contributed by atoms with E-state index in [-0.39, 0.29) is 24.1 Å². The first-order valence-electron chi connectivity index (χ1n) is 11.6. The summed E-state index contributed by atoms with van der Waals surface area (Å²) in [5, 5.41) is 0. The van der Waals surface area contributed by atoms with Crippen molar-refractivity contribution in [1.82, 2.24) is 0 Å². The van der Waals surface area contributed by atoms with Crippen LogP contribution in [-0.2, 0) is 18.9 Å². The second-order valence-corrected chi connectivity index (χ2v) is 8.38. The molecule has 0 radical (unpaired) electrons. The molecule has 3 aromatic carbocycles. The zero-order valence-corrected chi connectivity index (χ0v) is 19.4. The van der Waals surface area contributed by atoms with Crippen LogP contribution in [0.4, 0.5) is 11.4 Å². The molecule has 2 aliphatic heterocycles. The van der Waals surface area contributed by atoms with E-state index in [9.17, 15) is 9.59 Å². The number of epoxide rings is 2. The minimum atomic E-state index is -0.358. The molecule has 0 aliphatic carbocycles. The molecule has 36 heavy (non-hydrogen) atoms. The lowest BCUT2D eigenvalue weighted by Crippen LogP contribution is -2.09. The largest absolute Gasteiger partial charge is 0.459 e. The third kappa shape index (κ3) is 6.94. The summed E-state index contributed by atoms with van der Waals surface area (Å²) in [4.78, 5) is 32.9. The van der Waals surface area contributed by atoms with Crippen LogP contribution in [-0.4, -0.2) is 63.0 Å². The first kappa shape index (κ1) is 23.6. The van der Waals surface area contributed by atoms with Crippen molar-refractivity contribution in [3.63, 3.8) is 0 Å². The molecule has 2 heterocycles. The fourth-order valence-corrected chi connectivity index (χ4v) is 3.17. The topological polar surface area (TPSA) is 102 Å². The summed E-state index contributed by atoms with van der Waals surface area (Å²) in [7, 11) is 0. The van der Waals surface area contributed by atoms with E-state index in [1.165, 1.54) is 0 Å². The summed E-state index contributed by atoms with van der Waals surface area (Å²) in [5.74, 6) is -0.717. The van der Waals surface area contributed by atoms with Gasteiger partial charge in [-0.25, -0.2) is 9.59 Å². The Morgan fingerprint density at radius 1 is 0.667 bits per heavy atom. The van der Waals surface area contributed by atoms with E-state index >= 15 is 0 Å². The van der Waals surface area contributed by atoms with Gasteiger partial charge in [0.1, 0.15) is 25.4 Å². The summed E-state index contributed by atoms with van der Waals surface area (Å²) >= 11 is 0. The smallest absolute Gasteiger partial charge is 0.338 e. The standard InChI is InChI=1S/C28H24N2O6/c31-27(35-17-25-15-33-25)21-5-1-19(2-6-21)13-29-23-9-11-24(12-10-23)30-14-20-3-7-22(8-4-20)28(32)36-18-26-16-34-26/h1-14,25-26H,15-18H2. The molecular formula is C28H24N2O6. The van der Waals surface area contributed by atoms with Gasteiger partial charge in [-0.2, -0.15) is 0 Å². The molecule has 8 nitrogen and oxygen atoms in total. The minimum Gasteiger partial charge on any atom is -0.459 e. The lowest BCUT2D eigenvalue weighted by Gasteiger charge is -2.03. The summed E-state index contributed by atoms with van der Waals surface area (Å²) in [6.07, 6.45) is 3.56. The predicted molar refractivity (Wildman–Crippen MR) is 134 cm³/mol. The van der Waals surface area contributed by atoms with Gasteiger partial charge in [0.2, 0.25) is 0 Å². The normalized spacial score (nSPS) is 18.3. The van der Waals surface area contributed by atoms with Crippen molar-refractivity contribution in [3.05, 3.63) is 95.1 Å². The maximum Gasteiger partial charge on any atom is 0.338 e. The molecule has 0 saturated carbocycles. The maximum atomic E-state index is 12.0. The molecule has 0 bridgehead atoms. The maximum absolute atomic E-state index is 12.0. The molecule has 2 saturated heterocycles. The molecule has 0 aromatic heterocycles. The molecule has 182 valence electrons. The number of hydrogen-bond acceptors (Lipinski definition) is 8. The number of esters is 2. The van der Waals surface area contributed by atoms with Gasteiger partial charge in [-0.3, -0.25) is 9.98 Å². The van der Waals surface area contributed by atoms with Crippen molar-refractivity contribution in [1.29, 1.82) is 0 Å². The van der Waals surface area contributed by atoms with Crippen molar-refractivity contribution in [2.75, 3.05) is 26.4 Å². The van der Waals surface area contributed by atoms with E-state index in [0.717, 1.165) is 22.5 Å². The van der Waals surface area contributed by atoms with Crippen LogP contribution >= 0.6 is 0 Å². The Hall–Kier alpha value is -4.14. The number of carbonyl (C=O) groups excluding carboxylic acids is 2. The van der Waals surface area contributed by atoms with Gasteiger partial charge in [-0.1, -0.05) is 24.3 Å². The van der Waals surface area contributed by atoms with Crippen molar-refractivity contribution in [3.8, 4) is 0 Å². The lowest BCUT2D eigenvalue weighted by atomic mass is 10.1. The van der Waals surface area contributed by atoms with Crippen LogP contribution in [0.3, 0.4) is 0 Å². The van der Waals surface area contributed by atoms with E-state index in [4.69, 9.17) is 18.9 Å². The average molecular weight is 485 g/mol. The molecule has 0 N–H and O–H groups in total. The highest BCUT2D eigenvalue weighted by Gasteiger charge is 2.25. The highest BCUT2D eigenvalue weighted by Crippen LogP contribution is 2.19. The fourth-order valence-electron chi connectivity index (χ4n) is 3.17. The molecular weight excluding hydrogens is 460 g/mol. The van der Waals surface area contributed by atoms with Crippen molar-refractivity contribution in [2.24, 2.45) is 9.98 Å². The van der Waals surface area contributed by atoms with Gasteiger partial charge in [0.25, 0.3) is 0 Å². The molecule has 3 aromatic rings. The number of carbonyl (C=O) groups is 2. The Kier molecular flexibility index (Phi) is 7.25. The van der Waals surface area contributed by atoms with Crippen LogP contribution in [0.15, 0.2) is 82.8 Å². The Balaban J connectivity index is 1.11. The van der Waals surface area contributed by atoms with Gasteiger partial charge in [0.05, 0.1) is 35.7 Å². The van der Waals surface area contributed by atoms with Gasteiger partial charge in [0, 0.05) is 12.4 Å². The van der Waals surface area contributed by atoms with E-state index in [1.807, 2.05) is 48.5 Å². The third-order valence-corrected chi connectivity index (χ3v) is 5.47. The van der Waals surface area contributed by atoms with E-state index < -0.39 is 0 Å². The number of ether oxygens (including phenoxy) is 4. The molecule has 0 amide bonds. The van der Waals surface area contributed by atoms with Crippen LogP contribution in [0.5, 0.6) is 0 Å². The Morgan fingerprint density at radius 3 is 1.36 bits per heavy atom. The molecule has 0 spiro atoms. The molecule has 2 fully saturated rings. The minimum absolute atomic E-state index is 0.0500. The second-order valence-electron chi connectivity index (χ2n) is 8.38. The molecule has 5 rings (SSSR count). The Labute approximate surface area is 208 Å². The van der Waals surface area contributed by atoms with E-state index in [2.05, 4.69) is 9.98 Å². The molecule has 2 unspecified atom stereocenters. The third-order valence-electron chi connectivity index (χ3n) is 5.47. The van der Waals surface area contributed by atoms with Crippen LogP contribution in [0.2, 0.25) is 0 Å².